The summed E-state index contributed by atoms with van der Waals surface area (Å²) in [6.45, 7) is 1.69. The summed E-state index contributed by atoms with van der Waals surface area (Å²) in [6, 6.07) is 8.91. The van der Waals surface area contributed by atoms with E-state index in [1.807, 2.05) is 19.1 Å². The SMILES string of the molecule is Cc1cc(NC(=O)Cn2ncc3ccccc3c2=O)n(C)n1. The molecule has 0 aliphatic rings. The molecule has 0 aliphatic carbocycles. The number of hydrogen-bond donors (Lipinski definition) is 1. The largest absolute Gasteiger partial charge is 0.309 e. The Morgan fingerprint density at radius 1 is 1.32 bits per heavy atom. The maximum atomic E-state index is 12.3. The molecule has 3 rings (SSSR count). The predicted octanol–water partition coefficient (Wildman–Crippen LogP) is 1.08. The van der Waals surface area contributed by atoms with Gasteiger partial charge in [0, 0.05) is 18.5 Å². The summed E-state index contributed by atoms with van der Waals surface area (Å²) in [5, 5.41) is 12.2. The van der Waals surface area contributed by atoms with E-state index in [9.17, 15) is 9.59 Å². The van der Waals surface area contributed by atoms with Gasteiger partial charge in [0.15, 0.2) is 0 Å². The fraction of sp³-hybridized carbons (Fsp3) is 0.200. The summed E-state index contributed by atoms with van der Waals surface area (Å²) < 4.78 is 2.73. The van der Waals surface area contributed by atoms with Crippen LogP contribution >= 0.6 is 0 Å². The first-order chi connectivity index (χ1) is 10.5. The number of carbonyl (C=O) groups excluding carboxylic acids is 1. The van der Waals surface area contributed by atoms with E-state index in [1.54, 1.807) is 36.1 Å². The van der Waals surface area contributed by atoms with Gasteiger partial charge in [-0.2, -0.15) is 10.2 Å². The van der Waals surface area contributed by atoms with Crippen molar-refractivity contribution in [3.8, 4) is 0 Å². The molecular formula is C15H15N5O2. The van der Waals surface area contributed by atoms with Crippen LogP contribution in [0.1, 0.15) is 5.69 Å². The van der Waals surface area contributed by atoms with Gasteiger partial charge in [0.1, 0.15) is 12.4 Å². The van der Waals surface area contributed by atoms with E-state index in [-0.39, 0.29) is 18.0 Å². The number of aryl methyl sites for hydroxylation is 2. The Balaban J connectivity index is 1.84. The van der Waals surface area contributed by atoms with Gasteiger partial charge in [-0.25, -0.2) is 4.68 Å². The minimum absolute atomic E-state index is 0.145. The third-order valence-corrected chi connectivity index (χ3v) is 3.32. The molecule has 0 fully saturated rings. The molecule has 2 aromatic heterocycles. The van der Waals surface area contributed by atoms with Gasteiger partial charge in [0.2, 0.25) is 5.91 Å². The minimum atomic E-state index is -0.326. The number of hydrogen-bond acceptors (Lipinski definition) is 4. The Morgan fingerprint density at radius 3 is 2.82 bits per heavy atom. The van der Waals surface area contributed by atoms with Gasteiger partial charge in [-0.3, -0.25) is 14.3 Å². The first kappa shape index (κ1) is 14.0. The fourth-order valence-corrected chi connectivity index (χ4v) is 2.29. The zero-order valence-electron chi connectivity index (χ0n) is 12.3. The van der Waals surface area contributed by atoms with Gasteiger partial charge in [-0.05, 0) is 13.0 Å². The van der Waals surface area contributed by atoms with Crippen LogP contribution in [0.15, 0.2) is 41.3 Å². The number of benzene rings is 1. The zero-order chi connectivity index (χ0) is 15.7. The highest BCUT2D eigenvalue weighted by Crippen LogP contribution is 2.08. The van der Waals surface area contributed by atoms with Gasteiger partial charge in [0.05, 0.1) is 17.3 Å². The van der Waals surface area contributed by atoms with Gasteiger partial charge in [-0.15, -0.1) is 0 Å². The number of aromatic nitrogens is 4. The Labute approximate surface area is 126 Å². The third-order valence-electron chi connectivity index (χ3n) is 3.32. The van der Waals surface area contributed by atoms with Crippen LogP contribution in [0.2, 0.25) is 0 Å². The molecule has 0 saturated carbocycles. The Hall–Kier alpha value is -2.96. The Morgan fingerprint density at radius 2 is 2.09 bits per heavy atom. The number of fused-ring (bicyclic) bond motifs is 1. The van der Waals surface area contributed by atoms with Crippen LogP contribution in [-0.2, 0) is 18.4 Å². The molecule has 0 spiro atoms. The lowest BCUT2D eigenvalue weighted by molar-refractivity contribution is -0.117. The summed E-state index contributed by atoms with van der Waals surface area (Å²) >= 11 is 0. The summed E-state index contributed by atoms with van der Waals surface area (Å²) in [6.07, 6.45) is 1.58. The van der Waals surface area contributed by atoms with Crippen LogP contribution < -0.4 is 10.9 Å². The lowest BCUT2D eigenvalue weighted by Gasteiger charge is -2.07. The van der Waals surface area contributed by atoms with Crippen LogP contribution in [0.3, 0.4) is 0 Å². The number of anilines is 1. The van der Waals surface area contributed by atoms with Crippen LogP contribution in [0.5, 0.6) is 0 Å². The van der Waals surface area contributed by atoms with Gasteiger partial charge in [-0.1, -0.05) is 18.2 Å². The second-order valence-electron chi connectivity index (χ2n) is 5.04. The number of amides is 1. The molecule has 0 radical (unpaired) electrons. The number of nitrogens with one attached hydrogen (secondary N) is 1. The summed E-state index contributed by atoms with van der Waals surface area (Å²) in [5.74, 6) is 0.254. The van der Waals surface area contributed by atoms with E-state index in [0.29, 0.717) is 11.2 Å². The molecule has 1 amide bonds. The molecule has 7 heteroatoms. The number of nitrogens with zero attached hydrogens (tertiary/aromatic N) is 4. The quantitative estimate of drug-likeness (QED) is 0.784. The normalized spacial score (nSPS) is 10.8. The molecule has 2 heterocycles. The highest BCUT2D eigenvalue weighted by Gasteiger charge is 2.10. The van der Waals surface area contributed by atoms with E-state index >= 15 is 0 Å². The lowest BCUT2D eigenvalue weighted by atomic mass is 10.2. The van der Waals surface area contributed by atoms with Crippen molar-refractivity contribution in [1.82, 2.24) is 19.6 Å². The van der Waals surface area contributed by atoms with E-state index in [4.69, 9.17) is 0 Å². The maximum absolute atomic E-state index is 12.3. The minimum Gasteiger partial charge on any atom is -0.309 e. The highest BCUT2D eigenvalue weighted by atomic mass is 16.2. The third kappa shape index (κ3) is 2.60. The van der Waals surface area contributed by atoms with Gasteiger partial charge >= 0.3 is 0 Å². The molecule has 7 nitrogen and oxygen atoms in total. The van der Waals surface area contributed by atoms with E-state index in [0.717, 1.165) is 15.8 Å². The van der Waals surface area contributed by atoms with Crippen molar-refractivity contribution in [3.63, 3.8) is 0 Å². The van der Waals surface area contributed by atoms with Crippen molar-refractivity contribution in [1.29, 1.82) is 0 Å². The molecule has 0 aliphatic heterocycles. The highest BCUT2D eigenvalue weighted by molar-refractivity contribution is 5.90. The van der Waals surface area contributed by atoms with Crippen molar-refractivity contribution >= 4 is 22.5 Å². The van der Waals surface area contributed by atoms with E-state index in [1.165, 1.54) is 0 Å². The van der Waals surface area contributed by atoms with Gasteiger partial charge < -0.3 is 5.32 Å². The van der Waals surface area contributed by atoms with Crippen LogP contribution in [0.4, 0.5) is 5.82 Å². The zero-order valence-corrected chi connectivity index (χ0v) is 12.3. The monoisotopic (exact) mass is 297 g/mol. The summed E-state index contributed by atoms with van der Waals surface area (Å²) in [7, 11) is 1.74. The molecule has 0 bridgehead atoms. The standard InChI is InChI=1S/C15H15N5O2/c1-10-7-13(19(2)18-10)17-14(21)9-20-15(22)12-6-4-3-5-11(12)8-16-20/h3-8H,9H2,1-2H3,(H,17,21). The maximum Gasteiger partial charge on any atom is 0.275 e. The smallest absolute Gasteiger partial charge is 0.275 e. The average Bonchev–Trinajstić information content (AvgIpc) is 2.80. The van der Waals surface area contributed by atoms with Crippen LogP contribution in [0, 0.1) is 6.92 Å². The topological polar surface area (TPSA) is 81.8 Å². The Bertz CT molecular complexity index is 910. The second kappa shape index (κ2) is 5.44. The molecule has 1 aromatic carbocycles. The molecule has 22 heavy (non-hydrogen) atoms. The van der Waals surface area contributed by atoms with Gasteiger partial charge in [0.25, 0.3) is 5.56 Å². The molecule has 0 atom stereocenters. The number of carbonyl (C=O) groups is 1. The molecule has 1 N–H and O–H groups in total. The second-order valence-corrected chi connectivity index (χ2v) is 5.04. The van der Waals surface area contributed by atoms with Crippen LogP contribution in [0.25, 0.3) is 10.8 Å². The average molecular weight is 297 g/mol. The number of rotatable bonds is 3. The summed E-state index contributed by atoms with van der Waals surface area (Å²) in [4.78, 5) is 24.4. The molecule has 3 aromatic rings. The predicted molar refractivity (Wildman–Crippen MR) is 82.6 cm³/mol. The van der Waals surface area contributed by atoms with E-state index < -0.39 is 0 Å². The van der Waals surface area contributed by atoms with Crippen LogP contribution in [-0.4, -0.2) is 25.5 Å². The van der Waals surface area contributed by atoms with Crippen molar-refractivity contribution in [2.75, 3.05) is 5.32 Å². The Kier molecular flexibility index (Phi) is 3.46. The first-order valence-electron chi connectivity index (χ1n) is 6.80. The van der Waals surface area contributed by atoms with E-state index in [2.05, 4.69) is 15.5 Å². The van der Waals surface area contributed by atoms with Crippen molar-refractivity contribution < 1.29 is 4.79 Å². The lowest BCUT2D eigenvalue weighted by Crippen LogP contribution is -2.29. The van der Waals surface area contributed by atoms with Crippen molar-refractivity contribution in [2.24, 2.45) is 7.05 Å². The summed E-state index contributed by atoms with van der Waals surface area (Å²) in [5.41, 5.74) is 0.522. The molecule has 0 saturated heterocycles. The molecule has 0 unspecified atom stereocenters. The first-order valence-corrected chi connectivity index (χ1v) is 6.80. The molecule has 112 valence electrons. The van der Waals surface area contributed by atoms with Crippen molar-refractivity contribution in [2.45, 2.75) is 13.5 Å². The molecular weight excluding hydrogens is 282 g/mol. The van der Waals surface area contributed by atoms with Crippen molar-refractivity contribution in [3.05, 3.63) is 52.6 Å². The fourth-order valence-electron chi connectivity index (χ4n) is 2.29.